The largest absolute Gasteiger partial charge is 0.497 e. The van der Waals surface area contributed by atoms with Crippen molar-refractivity contribution in [3.63, 3.8) is 0 Å². The van der Waals surface area contributed by atoms with Gasteiger partial charge in [0.1, 0.15) is 5.75 Å². The summed E-state index contributed by atoms with van der Waals surface area (Å²) in [6, 6.07) is 9.57. The summed E-state index contributed by atoms with van der Waals surface area (Å²) in [5.41, 5.74) is 2.78. The maximum Gasteiger partial charge on any atom is 0.119 e. The predicted octanol–water partition coefficient (Wildman–Crippen LogP) is 2.96. The van der Waals surface area contributed by atoms with Gasteiger partial charge >= 0.3 is 0 Å². The molecule has 0 aliphatic heterocycles. The van der Waals surface area contributed by atoms with Crippen LogP contribution in [0.5, 0.6) is 5.75 Å². The highest BCUT2D eigenvalue weighted by Crippen LogP contribution is 2.36. The molecule has 0 radical (unpaired) electrons. The predicted molar refractivity (Wildman–Crippen MR) is 73.9 cm³/mol. The molecule has 0 amide bonds. The summed E-state index contributed by atoms with van der Waals surface area (Å²) in [5, 5.41) is 12.9. The van der Waals surface area contributed by atoms with Crippen molar-refractivity contribution < 1.29 is 4.74 Å². The monoisotopic (exact) mass is 256 g/mol. The summed E-state index contributed by atoms with van der Waals surface area (Å²) in [7, 11) is 1.71. The Kier molecular flexibility index (Phi) is 3.44. The number of nitriles is 1. The molecule has 3 atom stereocenters. The van der Waals surface area contributed by atoms with E-state index in [4.69, 9.17) is 4.74 Å². The van der Waals surface area contributed by atoms with Crippen LogP contribution in [-0.4, -0.2) is 13.2 Å². The maximum atomic E-state index is 9.18. The van der Waals surface area contributed by atoms with Crippen LogP contribution in [0.25, 0.3) is 0 Å². The normalized spacial score (nSPS) is 28.9. The van der Waals surface area contributed by atoms with E-state index in [1.54, 1.807) is 7.11 Å². The number of benzene rings is 1. The van der Waals surface area contributed by atoms with Crippen LogP contribution in [0.4, 0.5) is 0 Å². The van der Waals surface area contributed by atoms with E-state index >= 15 is 0 Å². The van der Waals surface area contributed by atoms with Crippen LogP contribution < -0.4 is 10.1 Å². The summed E-state index contributed by atoms with van der Waals surface area (Å²) in [6.45, 7) is 0. The van der Waals surface area contributed by atoms with Gasteiger partial charge in [0.25, 0.3) is 0 Å². The van der Waals surface area contributed by atoms with E-state index in [1.165, 1.54) is 17.5 Å². The molecular weight excluding hydrogens is 236 g/mol. The van der Waals surface area contributed by atoms with Crippen molar-refractivity contribution in [3.8, 4) is 11.8 Å². The second-order valence-corrected chi connectivity index (χ2v) is 5.60. The van der Waals surface area contributed by atoms with Crippen molar-refractivity contribution in [2.45, 2.75) is 44.2 Å². The van der Waals surface area contributed by atoms with E-state index in [1.807, 2.05) is 6.07 Å². The molecule has 1 aromatic carbocycles. The summed E-state index contributed by atoms with van der Waals surface area (Å²) in [6.07, 6.45) is 5.62. The quantitative estimate of drug-likeness (QED) is 0.904. The van der Waals surface area contributed by atoms with Crippen molar-refractivity contribution in [3.05, 3.63) is 29.3 Å². The number of rotatable bonds is 3. The average Bonchev–Trinajstić information content (AvgIpc) is 3.06. The first-order chi connectivity index (χ1) is 9.31. The zero-order valence-electron chi connectivity index (χ0n) is 11.4. The molecule has 1 saturated carbocycles. The van der Waals surface area contributed by atoms with Gasteiger partial charge < -0.3 is 10.1 Å². The van der Waals surface area contributed by atoms with Crippen LogP contribution in [-0.2, 0) is 6.42 Å². The number of nitrogens with zero attached hydrogens (tertiary/aromatic N) is 1. The molecule has 19 heavy (non-hydrogen) atoms. The lowest BCUT2D eigenvalue weighted by Crippen LogP contribution is -2.34. The van der Waals surface area contributed by atoms with E-state index in [0.717, 1.165) is 31.4 Å². The zero-order chi connectivity index (χ0) is 13.2. The first kappa shape index (κ1) is 12.5. The topological polar surface area (TPSA) is 45.0 Å². The highest BCUT2D eigenvalue weighted by molar-refractivity contribution is 5.40. The van der Waals surface area contributed by atoms with Gasteiger partial charge in [-0.05, 0) is 48.9 Å². The van der Waals surface area contributed by atoms with Gasteiger partial charge in [-0.25, -0.2) is 0 Å². The fraction of sp³-hybridized carbons (Fsp3) is 0.562. The smallest absolute Gasteiger partial charge is 0.119 e. The third-order valence-corrected chi connectivity index (χ3v) is 4.53. The van der Waals surface area contributed by atoms with Crippen molar-refractivity contribution in [1.82, 2.24) is 5.32 Å². The van der Waals surface area contributed by atoms with Gasteiger partial charge in [-0.15, -0.1) is 0 Å². The Morgan fingerprint density at radius 3 is 3.00 bits per heavy atom. The molecule has 3 nitrogen and oxygen atoms in total. The number of methoxy groups -OCH3 is 1. The van der Waals surface area contributed by atoms with Crippen LogP contribution in [0.1, 0.15) is 42.9 Å². The van der Waals surface area contributed by atoms with Crippen molar-refractivity contribution in [1.29, 1.82) is 5.26 Å². The summed E-state index contributed by atoms with van der Waals surface area (Å²) in [4.78, 5) is 0. The number of nitrogens with one attached hydrogen (secondary N) is 1. The minimum Gasteiger partial charge on any atom is -0.497 e. The van der Waals surface area contributed by atoms with Crippen molar-refractivity contribution in [2.75, 3.05) is 7.11 Å². The Morgan fingerprint density at radius 2 is 2.21 bits per heavy atom. The Labute approximate surface area is 114 Å². The molecule has 2 aliphatic rings. The highest BCUT2D eigenvalue weighted by Gasteiger charge is 2.31. The van der Waals surface area contributed by atoms with E-state index in [0.29, 0.717) is 12.1 Å². The second-order valence-electron chi connectivity index (χ2n) is 5.60. The molecule has 3 rings (SSSR count). The Hall–Kier alpha value is -1.53. The van der Waals surface area contributed by atoms with Gasteiger partial charge in [0.15, 0.2) is 0 Å². The molecule has 3 unspecified atom stereocenters. The van der Waals surface area contributed by atoms with Crippen LogP contribution in [0.15, 0.2) is 18.2 Å². The lowest BCUT2D eigenvalue weighted by atomic mass is 10.0. The molecule has 0 aromatic heterocycles. The molecule has 3 heteroatoms. The molecule has 1 N–H and O–H groups in total. The van der Waals surface area contributed by atoms with Gasteiger partial charge in [0, 0.05) is 12.1 Å². The number of ether oxygens (including phenoxy) is 1. The minimum atomic E-state index is 0.189. The van der Waals surface area contributed by atoms with Crippen molar-refractivity contribution in [2.24, 2.45) is 5.92 Å². The zero-order valence-corrected chi connectivity index (χ0v) is 11.4. The fourth-order valence-corrected chi connectivity index (χ4v) is 3.45. The molecule has 1 aromatic rings. The summed E-state index contributed by atoms with van der Waals surface area (Å²) in [5.74, 6) is 1.12. The maximum absolute atomic E-state index is 9.18. The van der Waals surface area contributed by atoms with Gasteiger partial charge in [0.05, 0.1) is 19.1 Å². The first-order valence-corrected chi connectivity index (χ1v) is 7.14. The number of fused-ring (bicyclic) bond motifs is 1. The average molecular weight is 256 g/mol. The number of aryl methyl sites for hydroxylation is 1. The molecule has 0 heterocycles. The molecule has 100 valence electrons. The molecule has 2 aliphatic carbocycles. The van der Waals surface area contributed by atoms with Crippen molar-refractivity contribution >= 4 is 0 Å². The third kappa shape index (κ3) is 2.33. The number of hydrogen-bond donors (Lipinski definition) is 1. The molecule has 1 fully saturated rings. The fourth-order valence-electron chi connectivity index (χ4n) is 3.45. The standard InChI is InChI=1S/C16H20N2O/c1-19-13-7-5-11-6-8-16(14(11)9-13)18-15-4-2-3-12(15)10-17/h5,7,9,12,15-16,18H,2-4,6,8H2,1H3. The summed E-state index contributed by atoms with van der Waals surface area (Å²) < 4.78 is 5.32. The highest BCUT2D eigenvalue weighted by atomic mass is 16.5. The number of hydrogen-bond acceptors (Lipinski definition) is 3. The lowest BCUT2D eigenvalue weighted by Gasteiger charge is -2.22. The molecular formula is C16H20N2O. The molecule has 0 saturated heterocycles. The Balaban J connectivity index is 1.77. The molecule has 0 spiro atoms. The van der Waals surface area contributed by atoms with Crippen LogP contribution in [0, 0.1) is 17.2 Å². The van der Waals surface area contributed by atoms with Crippen LogP contribution in [0.2, 0.25) is 0 Å². The van der Waals surface area contributed by atoms with E-state index in [9.17, 15) is 5.26 Å². The Morgan fingerprint density at radius 1 is 1.32 bits per heavy atom. The van der Waals surface area contributed by atoms with Gasteiger partial charge in [-0.3, -0.25) is 0 Å². The SMILES string of the molecule is COc1ccc2c(c1)C(NC1CCCC1C#N)CC2. The summed E-state index contributed by atoms with van der Waals surface area (Å²) >= 11 is 0. The lowest BCUT2D eigenvalue weighted by molar-refractivity contribution is 0.395. The van der Waals surface area contributed by atoms with E-state index in [-0.39, 0.29) is 5.92 Å². The third-order valence-electron chi connectivity index (χ3n) is 4.53. The van der Waals surface area contributed by atoms with Gasteiger partial charge in [0.2, 0.25) is 0 Å². The Bertz CT molecular complexity index is 506. The van der Waals surface area contributed by atoms with Crippen LogP contribution in [0.3, 0.4) is 0 Å². The first-order valence-electron chi connectivity index (χ1n) is 7.14. The van der Waals surface area contributed by atoms with Crippen LogP contribution >= 0.6 is 0 Å². The van der Waals surface area contributed by atoms with E-state index in [2.05, 4.69) is 23.5 Å². The van der Waals surface area contributed by atoms with E-state index < -0.39 is 0 Å². The molecule has 0 bridgehead atoms. The minimum absolute atomic E-state index is 0.189. The van der Waals surface area contributed by atoms with Gasteiger partial charge in [-0.1, -0.05) is 12.5 Å². The van der Waals surface area contributed by atoms with Gasteiger partial charge in [-0.2, -0.15) is 5.26 Å². The second kappa shape index (κ2) is 5.22.